The molecule has 4 heteroatoms. The number of rotatable bonds is 7. The van der Waals surface area contributed by atoms with Crippen LogP contribution < -0.4 is 5.32 Å². The lowest BCUT2D eigenvalue weighted by atomic mass is 10.2. The second-order valence-electron chi connectivity index (χ2n) is 4.74. The Bertz CT molecular complexity index is 296. The van der Waals surface area contributed by atoms with E-state index in [1.807, 2.05) is 12.4 Å². The van der Waals surface area contributed by atoms with Gasteiger partial charge in [0, 0.05) is 32.6 Å². The molecule has 0 radical (unpaired) electrons. The highest BCUT2D eigenvalue weighted by Crippen LogP contribution is 2.09. The Kier molecular flexibility index (Phi) is 5.32. The Morgan fingerprint density at radius 3 is 2.81 bits per heavy atom. The lowest BCUT2D eigenvalue weighted by Crippen LogP contribution is -2.17. The van der Waals surface area contributed by atoms with E-state index < -0.39 is 0 Å². The molecule has 1 N–H and O–H groups in total. The average molecular weight is 225 g/mol. The van der Waals surface area contributed by atoms with E-state index in [-0.39, 0.29) is 0 Å². The van der Waals surface area contributed by atoms with Gasteiger partial charge in [-0.1, -0.05) is 20.8 Å². The van der Waals surface area contributed by atoms with Crippen molar-refractivity contribution in [2.45, 2.75) is 27.3 Å². The van der Waals surface area contributed by atoms with Crippen LogP contribution in [0, 0.1) is 11.8 Å². The third kappa shape index (κ3) is 4.23. The molecule has 1 heterocycles. The van der Waals surface area contributed by atoms with Gasteiger partial charge in [0.1, 0.15) is 0 Å². The maximum absolute atomic E-state index is 5.14. The van der Waals surface area contributed by atoms with Gasteiger partial charge in [-0.25, -0.2) is 4.98 Å². The van der Waals surface area contributed by atoms with Gasteiger partial charge in [0.15, 0.2) is 0 Å². The first-order chi connectivity index (χ1) is 7.63. The van der Waals surface area contributed by atoms with Crippen molar-refractivity contribution in [3.05, 3.63) is 12.4 Å². The standard InChI is InChI=1S/C12H23N3O/c1-10(2)7-14-12-13-5-6-15(12)8-11(3)9-16-4/h5-6,10-11H,7-9H2,1-4H3,(H,13,14). The molecule has 4 nitrogen and oxygen atoms in total. The van der Waals surface area contributed by atoms with Gasteiger partial charge in [-0.05, 0) is 11.8 Å². The van der Waals surface area contributed by atoms with Crippen molar-refractivity contribution < 1.29 is 4.74 Å². The smallest absolute Gasteiger partial charge is 0.202 e. The van der Waals surface area contributed by atoms with Crippen LogP contribution in [0.25, 0.3) is 0 Å². The summed E-state index contributed by atoms with van der Waals surface area (Å²) in [7, 11) is 1.74. The summed E-state index contributed by atoms with van der Waals surface area (Å²) in [6, 6.07) is 0. The largest absolute Gasteiger partial charge is 0.384 e. The molecule has 0 spiro atoms. The van der Waals surface area contributed by atoms with Crippen molar-refractivity contribution >= 4 is 5.95 Å². The Balaban J connectivity index is 2.49. The fourth-order valence-corrected chi connectivity index (χ4v) is 1.59. The van der Waals surface area contributed by atoms with Gasteiger partial charge in [0.25, 0.3) is 0 Å². The number of aromatic nitrogens is 2. The fraction of sp³-hybridized carbons (Fsp3) is 0.750. The second-order valence-corrected chi connectivity index (χ2v) is 4.74. The topological polar surface area (TPSA) is 39.1 Å². The Morgan fingerprint density at radius 2 is 2.19 bits per heavy atom. The zero-order valence-electron chi connectivity index (χ0n) is 10.7. The van der Waals surface area contributed by atoms with Crippen LogP contribution in [0.4, 0.5) is 5.95 Å². The summed E-state index contributed by atoms with van der Waals surface area (Å²) in [6.07, 6.45) is 3.84. The molecule has 0 bridgehead atoms. The lowest BCUT2D eigenvalue weighted by molar-refractivity contribution is 0.151. The summed E-state index contributed by atoms with van der Waals surface area (Å²) in [4.78, 5) is 4.31. The molecule has 0 aliphatic heterocycles. The monoisotopic (exact) mass is 225 g/mol. The molecular weight excluding hydrogens is 202 g/mol. The molecule has 0 fully saturated rings. The van der Waals surface area contributed by atoms with E-state index in [0.29, 0.717) is 11.8 Å². The first kappa shape index (κ1) is 13.0. The van der Waals surface area contributed by atoms with Gasteiger partial charge >= 0.3 is 0 Å². The van der Waals surface area contributed by atoms with E-state index in [1.165, 1.54) is 0 Å². The molecule has 1 aromatic heterocycles. The molecular formula is C12H23N3O. The van der Waals surface area contributed by atoms with Gasteiger partial charge < -0.3 is 14.6 Å². The minimum absolute atomic E-state index is 0.499. The highest BCUT2D eigenvalue weighted by atomic mass is 16.5. The zero-order valence-corrected chi connectivity index (χ0v) is 10.7. The third-order valence-corrected chi connectivity index (χ3v) is 2.34. The van der Waals surface area contributed by atoms with E-state index in [1.54, 1.807) is 7.11 Å². The van der Waals surface area contributed by atoms with E-state index in [9.17, 15) is 0 Å². The van der Waals surface area contributed by atoms with Crippen molar-refractivity contribution in [2.24, 2.45) is 11.8 Å². The Labute approximate surface area is 98.0 Å². The predicted molar refractivity (Wildman–Crippen MR) is 66.6 cm³/mol. The molecule has 1 unspecified atom stereocenters. The number of ether oxygens (including phenoxy) is 1. The molecule has 0 amide bonds. The summed E-state index contributed by atoms with van der Waals surface area (Å²) in [5.41, 5.74) is 0. The van der Waals surface area contributed by atoms with Gasteiger partial charge in [-0.15, -0.1) is 0 Å². The van der Waals surface area contributed by atoms with E-state index in [0.717, 1.165) is 25.6 Å². The van der Waals surface area contributed by atoms with Crippen LogP contribution in [-0.2, 0) is 11.3 Å². The number of anilines is 1. The molecule has 1 atom stereocenters. The van der Waals surface area contributed by atoms with Crippen molar-refractivity contribution in [1.29, 1.82) is 0 Å². The number of nitrogens with one attached hydrogen (secondary N) is 1. The number of hydrogen-bond donors (Lipinski definition) is 1. The van der Waals surface area contributed by atoms with E-state index in [2.05, 4.69) is 35.6 Å². The molecule has 0 aromatic carbocycles. The van der Waals surface area contributed by atoms with Crippen molar-refractivity contribution in [2.75, 3.05) is 25.6 Å². The predicted octanol–water partition coefficient (Wildman–Crippen LogP) is 2.23. The van der Waals surface area contributed by atoms with Crippen LogP contribution in [0.2, 0.25) is 0 Å². The van der Waals surface area contributed by atoms with Gasteiger partial charge in [-0.3, -0.25) is 0 Å². The zero-order chi connectivity index (χ0) is 12.0. The molecule has 0 saturated heterocycles. The fourth-order valence-electron chi connectivity index (χ4n) is 1.59. The van der Waals surface area contributed by atoms with Crippen LogP contribution in [0.1, 0.15) is 20.8 Å². The molecule has 1 rings (SSSR count). The summed E-state index contributed by atoms with van der Waals surface area (Å²) in [6.45, 7) is 9.23. The van der Waals surface area contributed by atoms with Crippen LogP contribution >= 0.6 is 0 Å². The highest BCUT2D eigenvalue weighted by molar-refractivity contribution is 5.25. The normalized spacial score (nSPS) is 13.1. The summed E-state index contributed by atoms with van der Waals surface area (Å²) >= 11 is 0. The highest BCUT2D eigenvalue weighted by Gasteiger charge is 2.07. The Morgan fingerprint density at radius 1 is 1.44 bits per heavy atom. The van der Waals surface area contributed by atoms with Crippen LogP contribution in [0.5, 0.6) is 0 Å². The molecule has 0 aliphatic carbocycles. The number of methoxy groups -OCH3 is 1. The van der Waals surface area contributed by atoms with Gasteiger partial charge in [0.05, 0.1) is 6.61 Å². The summed E-state index contributed by atoms with van der Waals surface area (Å²) < 4.78 is 7.28. The summed E-state index contributed by atoms with van der Waals surface area (Å²) in [5.74, 6) is 2.08. The van der Waals surface area contributed by atoms with Gasteiger partial charge in [0.2, 0.25) is 5.95 Å². The molecule has 1 aromatic rings. The Hall–Kier alpha value is -1.03. The number of nitrogens with zero attached hydrogens (tertiary/aromatic N) is 2. The maximum Gasteiger partial charge on any atom is 0.202 e. The number of imidazole rings is 1. The summed E-state index contributed by atoms with van der Waals surface area (Å²) in [5, 5.41) is 3.35. The molecule has 16 heavy (non-hydrogen) atoms. The quantitative estimate of drug-likeness (QED) is 0.773. The van der Waals surface area contributed by atoms with Gasteiger partial charge in [-0.2, -0.15) is 0 Å². The average Bonchev–Trinajstić information content (AvgIpc) is 2.62. The number of hydrogen-bond acceptors (Lipinski definition) is 3. The first-order valence-electron chi connectivity index (χ1n) is 5.87. The van der Waals surface area contributed by atoms with E-state index in [4.69, 9.17) is 4.74 Å². The SMILES string of the molecule is COCC(C)Cn1ccnc1NCC(C)C. The van der Waals surface area contributed by atoms with Crippen LogP contribution in [0.3, 0.4) is 0 Å². The maximum atomic E-state index is 5.14. The third-order valence-electron chi connectivity index (χ3n) is 2.34. The van der Waals surface area contributed by atoms with Crippen molar-refractivity contribution in [1.82, 2.24) is 9.55 Å². The minimum Gasteiger partial charge on any atom is -0.384 e. The minimum atomic E-state index is 0.499. The van der Waals surface area contributed by atoms with Crippen molar-refractivity contribution in [3.63, 3.8) is 0 Å². The first-order valence-corrected chi connectivity index (χ1v) is 5.87. The molecule has 92 valence electrons. The molecule has 0 aliphatic rings. The molecule has 0 saturated carbocycles. The second kappa shape index (κ2) is 6.53. The van der Waals surface area contributed by atoms with E-state index >= 15 is 0 Å². The van der Waals surface area contributed by atoms with Crippen molar-refractivity contribution in [3.8, 4) is 0 Å². The van der Waals surface area contributed by atoms with Crippen LogP contribution in [0.15, 0.2) is 12.4 Å². The van der Waals surface area contributed by atoms with Crippen LogP contribution in [-0.4, -0.2) is 29.8 Å². The lowest BCUT2D eigenvalue weighted by Gasteiger charge is -2.15.